The first-order valence-corrected chi connectivity index (χ1v) is 14.1. The van der Waals surface area contributed by atoms with E-state index < -0.39 is 0 Å². The van der Waals surface area contributed by atoms with Gasteiger partial charge in [-0.05, 0) is 70.4 Å². The van der Waals surface area contributed by atoms with Gasteiger partial charge in [0.1, 0.15) is 11.0 Å². The summed E-state index contributed by atoms with van der Waals surface area (Å²) in [6.07, 6.45) is 6.09. The highest BCUT2D eigenvalue weighted by Crippen LogP contribution is 2.28. The summed E-state index contributed by atoms with van der Waals surface area (Å²) in [7, 11) is 2.11. The van der Waals surface area contributed by atoms with Gasteiger partial charge in [-0.25, -0.2) is 4.98 Å². The molecule has 1 unspecified atom stereocenters. The number of carbonyl (C=O) groups is 1. The number of aliphatic hydroxyl groups excluding tert-OH is 1. The number of benzene rings is 1. The van der Waals surface area contributed by atoms with Crippen molar-refractivity contribution in [3.05, 3.63) is 47.3 Å². The molecule has 1 fully saturated rings. The fourth-order valence-corrected chi connectivity index (χ4v) is 5.58. The van der Waals surface area contributed by atoms with E-state index in [-0.39, 0.29) is 30.5 Å². The van der Waals surface area contributed by atoms with Crippen molar-refractivity contribution < 1.29 is 9.90 Å². The van der Waals surface area contributed by atoms with E-state index in [1.54, 1.807) is 6.20 Å². The molecule has 3 aromatic heterocycles. The maximum Gasteiger partial charge on any atom is 0.252 e. The van der Waals surface area contributed by atoms with Crippen molar-refractivity contribution in [2.24, 2.45) is 0 Å². The number of nitrogens with two attached hydrogens (primary N) is 1. The van der Waals surface area contributed by atoms with Gasteiger partial charge in [0.25, 0.3) is 5.91 Å². The lowest BCUT2D eigenvalue weighted by molar-refractivity contribution is 0.0918. The Kier molecular flexibility index (Phi) is 8.41. The number of fused-ring (bicyclic) bond motifs is 2. The third kappa shape index (κ3) is 5.85. The van der Waals surface area contributed by atoms with Gasteiger partial charge in [-0.15, -0.1) is 0 Å². The first kappa shape index (κ1) is 27.7. The molecule has 5 rings (SSSR count). The van der Waals surface area contributed by atoms with Gasteiger partial charge in [0, 0.05) is 35.8 Å². The van der Waals surface area contributed by atoms with Crippen LogP contribution in [0.15, 0.2) is 30.5 Å². The lowest BCUT2D eigenvalue weighted by Gasteiger charge is -2.29. The van der Waals surface area contributed by atoms with Crippen LogP contribution >= 0.6 is 0 Å². The third-order valence-electron chi connectivity index (χ3n) is 7.70. The fourth-order valence-electron chi connectivity index (χ4n) is 5.58. The molecule has 11 nitrogen and oxygen atoms in total. The lowest BCUT2D eigenvalue weighted by Crippen LogP contribution is -2.43. The number of nitrogen functional groups attached to an aromatic ring is 1. The van der Waals surface area contributed by atoms with Crippen LogP contribution in [0.4, 0.5) is 11.8 Å². The Bertz CT molecular complexity index is 1490. The second-order valence-corrected chi connectivity index (χ2v) is 10.7. The highest BCUT2D eigenvalue weighted by Gasteiger charge is 2.22. The molecule has 0 radical (unpaired) electrons. The Morgan fingerprint density at radius 1 is 1.18 bits per heavy atom. The monoisotopic (exact) mass is 545 g/mol. The molecule has 1 aliphatic heterocycles. The van der Waals surface area contributed by atoms with E-state index in [9.17, 15) is 9.90 Å². The molecule has 4 heterocycles. The zero-order chi connectivity index (χ0) is 28.2. The second-order valence-electron chi connectivity index (χ2n) is 10.7. The van der Waals surface area contributed by atoms with Crippen LogP contribution in [0.3, 0.4) is 0 Å². The smallest absolute Gasteiger partial charge is 0.252 e. The number of piperidine rings is 1. The third-order valence-corrected chi connectivity index (χ3v) is 7.70. The zero-order valence-corrected chi connectivity index (χ0v) is 23.5. The molecule has 4 aromatic rings. The predicted molar refractivity (Wildman–Crippen MR) is 157 cm³/mol. The minimum absolute atomic E-state index is 0.0426. The average molecular weight is 546 g/mol. The number of rotatable bonds is 10. The van der Waals surface area contributed by atoms with Gasteiger partial charge in [0.05, 0.1) is 17.8 Å². The number of amides is 1. The van der Waals surface area contributed by atoms with Crippen molar-refractivity contribution in [1.82, 2.24) is 34.9 Å². The number of hydrogen-bond acceptors (Lipinski definition) is 9. The molecule has 1 saturated heterocycles. The Morgan fingerprint density at radius 3 is 2.73 bits per heavy atom. The topological polar surface area (TPSA) is 147 Å². The number of aryl methyl sites for hydroxylation is 1. The Hall–Kier alpha value is -3.83. The lowest BCUT2D eigenvalue weighted by atomic mass is 10.0. The van der Waals surface area contributed by atoms with E-state index in [0.29, 0.717) is 29.9 Å². The van der Waals surface area contributed by atoms with Crippen LogP contribution < -0.4 is 16.4 Å². The number of aliphatic hydroxyl groups is 1. The standard InChI is InChI=1S/C29H39N9O2/c1-4-6-20(12-16-39)32-27-26-24(34-29(30)35-27)18(2)36-38(26)17-19-8-9-23(22-7-5-13-31-25(19)22)28(40)33-21-10-14-37(3)15-11-21/h5,7-9,13,20-21,39H,4,6,10-12,14-17H2,1-3H3,(H,33,40)(H3,30,32,34,35). The molecule has 0 spiro atoms. The van der Waals surface area contributed by atoms with Gasteiger partial charge in [-0.1, -0.05) is 25.5 Å². The predicted octanol–water partition coefficient (Wildman–Crippen LogP) is 3.10. The maximum atomic E-state index is 13.3. The van der Waals surface area contributed by atoms with Crippen LogP contribution in [0.2, 0.25) is 0 Å². The molecule has 0 aliphatic carbocycles. The first-order valence-electron chi connectivity index (χ1n) is 14.1. The van der Waals surface area contributed by atoms with Crippen LogP contribution in [-0.2, 0) is 6.54 Å². The van der Waals surface area contributed by atoms with Crippen molar-refractivity contribution in [1.29, 1.82) is 0 Å². The largest absolute Gasteiger partial charge is 0.396 e. The minimum atomic E-state index is -0.0688. The minimum Gasteiger partial charge on any atom is -0.396 e. The van der Waals surface area contributed by atoms with Crippen LogP contribution in [-0.4, -0.2) is 79.5 Å². The Labute approximate surface area is 234 Å². The highest BCUT2D eigenvalue weighted by atomic mass is 16.3. The molecule has 40 heavy (non-hydrogen) atoms. The fraction of sp³-hybridized carbons (Fsp3) is 0.483. The number of pyridine rings is 1. The van der Waals surface area contributed by atoms with E-state index in [1.165, 1.54) is 0 Å². The van der Waals surface area contributed by atoms with Crippen molar-refractivity contribution in [3.63, 3.8) is 0 Å². The molecule has 0 saturated carbocycles. The van der Waals surface area contributed by atoms with Crippen molar-refractivity contribution in [2.75, 3.05) is 37.8 Å². The Balaban J connectivity index is 1.49. The average Bonchev–Trinajstić information content (AvgIpc) is 3.25. The van der Waals surface area contributed by atoms with Crippen LogP contribution in [0, 0.1) is 6.92 Å². The molecule has 1 aliphatic rings. The molecule has 0 bridgehead atoms. The van der Waals surface area contributed by atoms with E-state index in [2.05, 4.69) is 44.5 Å². The summed E-state index contributed by atoms with van der Waals surface area (Å²) in [6, 6.07) is 7.87. The summed E-state index contributed by atoms with van der Waals surface area (Å²) < 4.78 is 1.87. The van der Waals surface area contributed by atoms with Gasteiger partial charge in [0.2, 0.25) is 5.95 Å². The molecule has 1 aromatic carbocycles. The van der Waals surface area contributed by atoms with Crippen LogP contribution in [0.1, 0.15) is 60.6 Å². The summed E-state index contributed by atoms with van der Waals surface area (Å²) in [4.78, 5) is 29.3. The van der Waals surface area contributed by atoms with Gasteiger partial charge in [0.15, 0.2) is 5.82 Å². The van der Waals surface area contributed by atoms with E-state index in [1.807, 2.05) is 35.9 Å². The summed E-state index contributed by atoms with van der Waals surface area (Å²) in [5.41, 5.74) is 10.6. The number of aromatic nitrogens is 5. The molecule has 5 N–H and O–H groups in total. The summed E-state index contributed by atoms with van der Waals surface area (Å²) >= 11 is 0. The number of anilines is 2. The molecule has 212 valence electrons. The number of hydrogen-bond donors (Lipinski definition) is 4. The highest BCUT2D eigenvalue weighted by molar-refractivity contribution is 6.07. The summed E-state index contributed by atoms with van der Waals surface area (Å²) in [5.74, 6) is 0.700. The van der Waals surface area contributed by atoms with E-state index in [4.69, 9.17) is 10.8 Å². The summed E-state index contributed by atoms with van der Waals surface area (Å²) in [5, 5.41) is 21.9. The van der Waals surface area contributed by atoms with E-state index >= 15 is 0 Å². The van der Waals surface area contributed by atoms with Gasteiger partial charge >= 0.3 is 0 Å². The maximum absolute atomic E-state index is 13.3. The molecular formula is C29H39N9O2. The quantitative estimate of drug-likeness (QED) is 0.236. The molecule has 1 atom stereocenters. The van der Waals surface area contributed by atoms with Gasteiger partial charge < -0.3 is 26.4 Å². The second kappa shape index (κ2) is 12.1. The Morgan fingerprint density at radius 2 is 1.98 bits per heavy atom. The van der Waals surface area contributed by atoms with Crippen molar-refractivity contribution in [3.8, 4) is 0 Å². The molecular weight excluding hydrogens is 506 g/mol. The number of likely N-dealkylation sites (tertiary alicyclic amines) is 1. The molecule has 11 heteroatoms. The van der Waals surface area contributed by atoms with Crippen LogP contribution in [0.5, 0.6) is 0 Å². The summed E-state index contributed by atoms with van der Waals surface area (Å²) in [6.45, 7) is 6.47. The van der Waals surface area contributed by atoms with Gasteiger partial charge in [-0.2, -0.15) is 10.1 Å². The normalized spacial score (nSPS) is 15.5. The zero-order valence-electron chi connectivity index (χ0n) is 23.5. The molecule has 1 amide bonds. The number of nitrogens with zero attached hydrogens (tertiary/aromatic N) is 6. The van der Waals surface area contributed by atoms with Gasteiger partial charge in [-0.3, -0.25) is 14.5 Å². The van der Waals surface area contributed by atoms with E-state index in [0.717, 1.165) is 66.4 Å². The van der Waals surface area contributed by atoms with Crippen molar-refractivity contribution >= 4 is 39.6 Å². The van der Waals surface area contributed by atoms with Crippen molar-refractivity contribution in [2.45, 2.75) is 64.6 Å². The van der Waals surface area contributed by atoms with Crippen LogP contribution in [0.25, 0.3) is 21.9 Å². The number of nitrogens with one attached hydrogen (secondary N) is 2. The SMILES string of the molecule is CCCC(CCO)Nc1nc(N)nc2c(C)nn(Cc3ccc(C(=O)NC4CCN(C)CC4)c4cccnc34)c12. The first-order chi connectivity index (χ1) is 19.4. The number of carbonyl (C=O) groups excluding carboxylic acids is 1.